The van der Waals surface area contributed by atoms with E-state index in [1.165, 1.54) is 22.3 Å². The average Bonchev–Trinajstić information content (AvgIpc) is 2.86. The molecule has 2 heteroatoms. The fraction of sp³-hybridized carbons (Fsp3) is 0.389. The molecular formula is C36H44O2. The smallest absolute Gasteiger partial charge is 0.194 e. The van der Waals surface area contributed by atoms with Gasteiger partial charge in [0.2, 0.25) is 0 Å². The summed E-state index contributed by atoms with van der Waals surface area (Å²) in [5, 5.41) is 0. The molecule has 0 amide bonds. The highest BCUT2D eigenvalue weighted by Gasteiger charge is 2.29. The van der Waals surface area contributed by atoms with E-state index in [1.807, 2.05) is 36.4 Å². The van der Waals surface area contributed by atoms with Crippen molar-refractivity contribution in [2.75, 3.05) is 0 Å². The van der Waals surface area contributed by atoms with Crippen LogP contribution in [0.2, 0.25) is 0 Å². The SMILES string of the molecule is CC(C)=CCCC(C)=CCCc1ccc2c(c1)C(=O)c1cc(CCC=C(C)CCC=C(C)C)ccc1C2=O. The summed E-state index contributed by atoms with van der Waals surface area (Å²) in [6.45, 7) is 12.9. The highest BCUT2D eigenvalue weighted by atomic mass is 16.1. The highest BCUT2D eigenvalue weighted by Crippen LogP contribution is 2.29. The highest BCUT2D eigenvalue weighted by molar-refractivity contribution is 6.28. The van der Waals surface area contributed by atoms with E-state index in [0.29, 0.717) is 22.3 Å². The second kappa shape index (κ2) is 14.0. The Morgan fingerprint density at radius 3 is 1.32 bits per heavy atom. The first-order valence-electron chi connectivity index (χ1n) is 14.1. The predicted octanol–water partition coefficient (Wildman–Crippen LogP) is 9.71. The predicted molar refractivity (Wildman–Crippen MR) is 161 cm³/mol. The van der Waals surface area contributed by atoms with E-state index in [4.69, 9.17) is 0 Å². The van der Waals surface area contributed by atoms with Crippen LogP contribution in [0.5, 0.6) is 0 Å². The third-order valence-corrected chi connectivity index (χ3v) is 7.18. The molecule has 200 valence electrons. The number of hydrogen-bond donors (Lipinski definition) is 0. The van der Waals surface area contributed by atoms with Crippen molar-refractivity contribution >= 4 is 11.6 Å². The fourth-order valence-electron chi connectivity index (χ4n) is 4.91. The van der Waals surface area contributed by atoms with Crippen molar-refractivity contribution in [2.45, 2.75) is 92.9 Å². The van der Waals surface area contributed by atoms with Crippen LogP contribution in [-0.4, -0.2) is 11.6 Å². The molecule has 0 heterocycles. The lowest BCUT2D eigenvalue weighted by Crippen LogP contribution is -2.21. The molecule has 0 radical (unpaired) electrons. The zero-order valence-electron chi connectivity index (χ0n) is 24.2. The lowest BCUT2D eigenvalue weighted by atomic mass is 9.82. The van der Waals surface area contributed by atoms with Gasteiger partial charge in [0.05, 0.1) is 0 Å². The summed E-state index contributed by atoms with van der Waals surface area (Å²) in [4.78, 5) is 26.7. The van der Waals surface area contributed by atoms with Crippen molar-refractivity contribution in [2.24, 2.45) is 0 Å². The Morgan fingerprint density at radius 2 is 0.921 bits per heavy atom. The summed E-state index contributed by atoms with van der Waals surface area (Å²) in [6.07, 6.45) is 17.0. The van der Waals surface area contributed by atoms with Crippen LogP contribution in [0.4, 0.5) is 0 Å². The van der Waals surface area contributed by atoms with E-state index in [-0.39, 0.29) is 11.6 Å². The van der Waals surface area contributed by atoms with Crippen LogP contribution in [0.3, 0.4) is 0 Å². The van der Waals surface area contributed by atoms with Gasteiger partial charge in [0.25, 0.3) is 0 Å². The molecule has 0 aromatic heterocycles. The van der Waals surface area contributed by atoms with Gasteiger partial charge >= 0.3 is 0 Å². The zero-order chi connectivity index (χ0) is 27.7. The molecular weight excluding hydrogens is 464 g/mol. The minimum atomic E-state index is -0.0438. The summed E-state index contributed by atoms with van der Waals surface area (Å²) < 4.78 is 0. The molecule has 2 aromatic rings. The van der Waals surface area contributed by atoms with E-state index in [9.17, 15) is 9.59 Å². The number of rotatable bonds is 12. The molecule has 0 fully saturated rings. The third-order valence-electron chi connectivity index (χ3n) is 7.18. The molecule has 2 aromatic carbocycles. The minimum Gasteiger partial charge on any atom is -0.289 e. The maximum absolute atomic E-state index is 13.5. The third kappa shape index (κ3) is 8.38. The van der Waals surface area contributed by atoms with Crippen molar-refractivity contribution in [3.05, 3.63) is 116 Å². The van der Waals surface area contributed by atoms with Crippen molar-refractivity contribution in [3.8, 4) is 0 Å². The molecule has 1 aliphatic carbocycles. The van der Waals surface area contributed by atoms with Gasteiger partial charge in [0.1, 0.15) is 0 Å². The standard InChI is InChI=1S/C36H44O2/c1-25(2)11-7-13-27(5)15-9-17-29-19-21-31-33(23-29)36(38)34-24-30(20-22-32(34)35(31)37)18-10-16-28(6)14-8-12-26(3)4/h11-12,15-16,19-24H,7-10,13-14,17-18H2,1-6H3. The Morgan fingerprint density at radius 1 is 0.526 bits per heavy atom. The van der Waals surface area contributed by atoms with Gasteiger partial charge in [0, 0.05) is 22.3 Å². The van der Waals surface area contributed by atoms with Gasteiger partial charge in [-0.2, -0.15) is 0 Å². The van der Waals surface area contributed by atoms with Crippen LogP contribution in [0.1, 0.15) is 123 Å². The summed E-state index contributed by atoms with van der Waals surface area (Å²) in [5.41, 5.74) is 9.88. The molecule has 38 heavy (non-hydrogen) atoms. The number of allylic oxidation sites excluding steroid dienone is 8. The van der Waals surface area contributed by atoms with Crippen molar-refractivity contribution in [1.82, 2.24) is 0 Å². The molecule has 0 saturated heterocycles. The topological polar surface area (TPSA) is 34.1 Å². The molecule has 0 atom stereocenters. The number of fused-ring (bicyclic) bond motifs is 2. The maximum Gasteiger partial charge on any atom is 0.194 e. The second-order valence-corrected chi connectivity index (χ2v) is 11.2. The van der Waals surface area contributed by atoms with Crippen molar-refractivity contribution in [1.29, 1.82) is 0 Å². The summed E-state index contributed by atoms with van der Waals surface area (Å²) in [6, 6.07) is 11.6. The van der Waals surface area contributed by atoms with Gasteiger partial charge < -0.3 is 0 Å². The van der Waals surface area contributed by atoms with Crippen LogP contribution in [0.25, 0.3) is 0 Å². The first kappa shape index (κ1) is 29.3. The van der Waals surface area contributed by atoms with Crippen LogP contribution in [0.15, 0.2) is 83.0 Å². The number of hydrogen-bond acceptors (Lipinski definition) is 2. The van der Waals surface area contributed by atoms with Crippen LogP contribution in [-0.2, 0) is 12.8 Å². The molecule has 0 spiro atoms. The molecule has 3 rings (SSSR count). The van der Waals surface area contributed by atoms with Gasteiger partial charge in [-0.1, -0.05) is 70.9 Å². The minimum absolute atomic E-state index is 0.0276. The van der Waals surface area contributed by atoms with Crippen molar-refractivity contribution in [3.63, 3.8) is 0 Å². The Labute approximate surface area is 230 Å². The van der Waals surface area contributed by atoms with E-state index in [2.05, 4.69) is 65.8 Å². The number of benzene rings is 2. The Hall–Kier alpha value is -3.26. The first-order chi connectivity index (χ1) is 18.2. The van der Waals surface area contributed by atoms with Gasteiger partial charge in [-0.25, -0.2) is 0 Å². The zero-order valence-corrected chi connectivity index (χ0v) is 24.2. The first-order valence-corrected chi connectivity index (χ1v) is 14.1. The number of ketones is 2. The molecule has 0 unspecified atom stereocenters. The second-order valence-electron chi connectivity index (χ2n) is 11.2. The quantitative estimate of drug-likeness (QED) is 0.228. The van der Waals surface area contributed by atoms with Crippen LogP contribution in [0, 0.1) is 0 Å². The Kier molecular flexibility index (Phi) is 10.8. The number of aryl methyl sites for hydroxylation is 2. The van der Waals surface area contributed by atoms with E-state index < -0.39 is 0 Å². The van der Waals surface area contributed by atoms with Crippen molar-refractivity contribution < 1.29 is 9.59 Å². The monoisotopic (exact) mass is 508 g/mol. The molecule has 0 saturated carbocycles. The molecule has 0 N–H and O–H groups in total. The Balaban J connectivity index is 1.66. The van der Waals surface area contributed by atoms with E-state index in [0.717, 1.165) is 62.5 Å². The summed E-state index contributed by atoms with van der Waals surface area (Å²) in [5.74, 6) is -0.0714. The van der Waals surface area contributed by atoms with Gasteiger partial charge in [0.15, 0.2) is 11.6 Å². The summed E-state index contributed by atoms with van der Waals surface area (Å²) >= 11 is 0. The molecule has 0 aliphatic heterocycles. The number of carbonyl (C=O) groups is 2. The van der Waals surface area contributed by atoms with E-state index >= 15 is 0 Å². The fourth-order valence-corrected chi connectivity index (χ4v) is 4.91. The Bertz CT molecular complexity index is 1190. The molecule has 1 aliphatic rings. The maximum atomic E-state index is 13.5. The van der Waals surface area contributed by atoms with Crippen LogP contribution >= 0.6 is 0 Å². The molecule has 0 bridgehead atoms. The lowest BCUT2D eigenvalue weighted by Gasteiger charge is -2.19. The van der Waals surface area contributed by atoms with Crippen LogP contribution < -0.4 is 0 Å². The number of carbonyl (C=O) groups excluding carboxylic acids is 2. The van der Waals surface area contributed by atoms with E-state index in [1.54, 1.807) is 0 Å². The van der Waals surface area contributed by atoms with Gasteiger partial charge in [-0.05, 0) is 116 Å². The molecule has 2 nitrogen and oxygen atoms in total. The normalized spacial score (nSPS) is 13.2. The lowest BCUT2D eigenvalue weighted by molar-refractivity contribution is 0.0979. The summed E-state index contributed by atoms with van der Waals surface area (Å²) in [7, 11) is 0. The average molecular weight is 509 g/mol. The largest absolute Gasteiger partial charge is 0.289 e. The van der Waals surface area contributed by atoms with Gasteiger partial charge in [-0.15, -0.1) is 0 Å². The van der Waals surface area contributed by atoms with Gasteiger partial charge in [-0.3, -0.25) is 9.59 Å².